The summed E-state index contributed by atoms with van der Waals surface area (Å²) in [6.07, 6.45) is 0.734. The van der Waals surface area contributed by atoms with Gasteiger partial charge in [-0.1, -0.05) is 23.2 Å². The fourth-order valence-corrected chi connectivity index (χ4v) is 1.96. The standard InChI is InChI=1S/C13H16Cl2N2O3/c1-2-20-11(18)4-3-5-17-13(19)9-6-8(16)7-10(14)12(9)15/h6-7H,2-5,16H2,1H3,(H,17,19). The molecule has 0 saturated carbocycles. The maximum absolute atomic E-state index is 11.9. The minimum Gasteiger partial charge on any atom is -0.466 e. The lowest BCUT2D eigenvalue weighted by atomic mass is 10.2. The van der Waals surface area contributed by atoms with Crippen LogP contribution in [0.3, 0.4) is 0 Å². The normalized spacial score (nSPS) is 10.2. The number of anilines is 1. The first-order valence-electron chi connectivity index (χ1n) is 6.14. The number of amides is 1. The highest BCUT2D eigenvalue weighted by atomic mass is 35.5. The number of hydrogen-bond acceptors (Lipinski definition) is 4. The van der Waals surface area contributed by atoms with Crippen LogP contribution in [0.15, 0.2) is 12.1 Å². The predicted molar refractivity (Wildman–Crippen MR) is 79.1 cm³/mol. The molecule has 1 amide bonds. The molecule has 0 aromatic heterocycles. The number of nitrogens with two attached hydrogens (primary N) is 1. The molecule has 20 heavy (non-hydrogen) atoms. The van der Waals surface area contributed by atoms with Crippen molar-refractivity contribution < 1.29 is 14.3 Å². The van der Waals surface area contributed by atoms with Crippen LogP contribution in [0.2, 0.25) is 10.0 Å². The summed E-state index contributed by atoms with van der Waals surface area (Å²) >= 11 is 11.8. The first kappa shape index (κ1) is 16.6. The fourth-order valence-electron chi connectivity index (χ4n) is 1.54. The molecule has 0 bridgehead atoms. The van der Waals surface area contributed by atoms with Crippen molar-refractivity contribution in [3.63, 3.8) is 0 Å². The Morgan fingerprint density at radius 1 is 1.35 bits per heavy atom. The number of rotatable bonds is 6. The van der Waals surface area contributed by atoms with Gasteiger partial charge in [0.25, 0.3) is 5.91 Å². The summed E-state index contributed by atoms with van der Waals surface area (Å²) in [5, 5.41) is 3.03. The molecule has 0 unspecified atom stereocenters. The number of carbonyl (C=O) groups is 2. The van der Waals surface area contributed by atoms with Crippen molar-refractivity contribution in [2.75, 3.05) is 18.9 Å². The molecule has 1 rings (SSSR count). The second-order valence-electron chi connectivity index (χ2n) is 4.03. The highest BCUT2D eigenvalue weighted by molar-refractivity contribution is 6.44. The molecule has 5 nitrogen and oxygen atoms in total. The number of nitrogens with one attached hydrogen (secondary N) is 1. The van der Waals surface area contributed by atoms with E-state index >= 15 is 0 Å². The Bertz CT molecular complexity index is 507. The van der Waals surface area contributed by atoms with Crippen molar-refractivity contribution in [2.45, 2.75) is 19.8 Å². The third kappa shape index (κ3) is 4.90. The van der Waals surface area contributed by atoms with E-state index in [-0.39, 0.29) is 33.9 Å². The van der Waals surface area contributed by atoms with E-state index in [4.69, 9.17) is 33.7 Å². The SMILES string of the molecule is CCOC(=O)CCCNC(=O)c1cc(N)cc(Cl)c1Cl. The molecule has 0 saturated heterocycles. The minimum absolute atomic E-state index is 0.156. The van der Waals surface area contributed by atoms with Gasteiger partial charge in [-0.05, 0) is 25.5 Å². The number of halogens is 2. The van der Waals surface area contributed by atoms with Crippen LogP contribution in [-0.4, -0.2) is 25.0 Å². The van der Waals surface area contributed by atoms with Gasteiger partial charge >= 0.3 is 5.97 Å². The van der Waals surface area contributed by atoms with Crippen molar-refractivity contribution >= 4 is 40.8 Å². The number of nitrogen functional groups attached to an aromatic ring is 1. The number of carbonyl (C=O) groups excluding carboxylic acids is 2. The largest absolute Gasteiger partial charge is 0.466 e. The fraction of sp³-hybridized carbons (Fsp3) is 0.385. The lowest BCUT2D eigenvalue weighted by Gasteiger charge is -2.08. The third-order valence-electron chi connectivity index (χ3n) is 2.44. The van der Waals surface area contributed by atoms with Crippen molar-refractivity contribution in [1.82, 2.24) is 5.32 Å². The molecule has 0 aliphatic carbocycles. The van der Waals surface area contributed by atoms with Crippen LogP contribution in [0.4, 0.5) is 5.69 Å². The van der Waals surface area contributed by atoms with Gasteiger partial charge in [0.05, 0.1) is 22.2 Å². The molecule has 7 heteroatoms. The average Bonchev–Trinajstić information content (AvgIpc) is 2.39. The highest BCUT2D eigenvalue weighted by Crippen LogP contribution is 2.28. The Hall–Kier alpha value is -1.46. The molecule has 0 heterocycles. The molecular weight excluding hydrogens is 303 g/mol. The molecule has 0 aliphatic rings. The van der Waals surface area contributed by atoms with E-state index in [1.807, 2.05) is 0 Å². The maximum atomic E-state index is 11.9. The van der Waals surface area contributed by atoms with Crippen molar-refractivity contribution in [2.24, 2.45) is 0 Å². The Labute approximate surface area is 127 Å². The zero-order valence-corrected chi connectivity index (χ0v) is 12.6. The Morgan fingerprint density at radius 2 is 2.05 bits per heavy atom. The predicted octanol–water partition coefficient (Wildman–Crippen LogP) is 2.65. The van der Waals surface area contributed by atoms with Gasteiger partial charge in [-0.3, -0.25) is 9.59 Å². The highest BCUT2D eigenvalue weighted by Gasteiger charge is 2.14. The molecule has 0 radical (unpaired) electrons. The summed E-state index contributed by atoms with van der Waals surface area (Å²) < 4.78 is 4.78. The summed E-state index contributed by atoms with van der Waals surface area (Å²) in [5.41, 5.74) is 6.18. The molecule has 3 N–H and O–H groups in total. The van der Waals surface area contributed by atoms with Crippen LogP contribution in [0, 0.1) is 0 Å². The quantitative estimate of drug-likeness (QED) is 0.480. The molecule has 110 valence electrons. The maximum Gasteiger partial charge on any atom is 0.305 e. The zero-order valence-electron chi connectivity index (χ0n) is 11.0. The second kappa shape index (κ2) is 7.97. The molecule has 0 fully saturated rings. The first-order chi connectivity index (χ1) is 9.45. The molecule has 0 spiro atoms. The van der Waals surface area contributed by atoms with Gasteiger partial charge in [0, 0.05) is 18.7 Å². The van der Waals surface area contributed by atoms with E-state index in [1.54, 1.807) is 6.92 Å². The van der Waals surface area contributed by atoms with Crippen molar-refractivity contribution in [3.8, 4) is 0 Å². The van der Waals surface area contributed by atoms with Crippen LogP contribution < -0.4 is 11.1 Å². The van der Waals surface area contributed by atoms with E-state index < -0.39 is 0 Å². The lowest BCUT2D eigenvalue weighted by Crippen LogP contribution is -2.25. The van der Waals surface area contributed by atoms with Gasteiger partial charge in [-0.25, -0.2) is 0 Å². The summed E-state index contributed by atoms with van der Waals surface area (Å²) in [6, 6.07) is 2.93. The third-order valence-corrected chi connectivity index (χ3v) is 3.25. The summed E-state index contributed by atoms with van der Waals surface area (Å²) in [5.74, 6) is -0.667. The van der Waals surface area contributed by atoms with Gasteiger partial charge in [0.1, 0.15) is 0 Å². The topological polar surface area (TPSA) is 81.4 Å². The number of esters is 1. The van der Waals surface area contributed by atoms with Crippen molar-refractivity contribution in [1.29, 1.82) is 0 Å². The summed E-state index contributed by atoms with van der Waals surface area (Å²) in [7, 11) is 0. The first-order valence-corrected chi connectivity index (χ1v) is 6.89. The van der Waals surface area contributed by atoms with Crippen LogP contribution in [0.25, 0.3) is 0 Å². The Kier molecular flexibility index (Phi) is 6.61. The summed E-state index contributed by atoms with van der Waals surface area (Å²) in [6.45, 7) is 2.42. The van der Waals surface area contributed by atoms with Gasteiger partial charge in [0.2, 0.25) is 0 Å². The smallest absolute Gasteiger partial charge is 0.305 e. The van der Waals surface area contributed by atoms with E-state index in [0.717, 1.165) is 0 Å². The molecular formula is C13H16Cl2N2O3. The zero-order chi connectivity index (χ0) is 15.1. The van der Waals surface area contributed by atoms with Crippen LogP contribution in [-0.2, 0) is 9.53 Å². The number of hydrogen-bond donors (Lipinski definition) is 2. The average molecular weight is 319 g/mol. The van der Waals surface area contributed by atoms with E-state index in [0.29, 0.717) is 25.3 Å². The van der Waals surface area contributed by atoms with Crippen LogP contribution in [0.5, 0.6) is 0 Å². The molecule has 1 aromatic carbocycles. The monoisotopic (exact) mass is 318 g/mol. The Morgan fingerprint density at radius 3 is 2.70 bits per heavy atom. The second-order valence-corrected chi connectivity index (χ2v) is 4.81. The molecule has 0 aliphatic heterocycles. The van der Waals surface area contributed by atoms with Crippen molar-refractivity contribution in [3.05, 3.63) is 27.7 Å². The van der Waals surface area contributed by atoms with E-state index in [2.05, 4.69) is 5.32 Å². The summed E-state index contributed by atoms with van der Waals surface area (Å²) in [4.78, 5) is 23.0. The van der Waals surface area contributed by atoms with E-state index in [9.17, 15) is 9.59 Å². The van der Waals surface area contributed by atoms with Crippen LogP contribution in [0.1, 0.15) is 30.1 Å². The van der Waals surface area contributed by atoms with Gasteiger partial charge < -0.3 is 15.8 Å². The lowest BCUT2D eigenvalue weighted by molar-refractivity contribution is -0.143. The number of benzene rings is 1. The molecule has 1 aromatic rings. The van der Waals surface area contributed by atoms with E-state index in [1.165, 1.54) is 12.1 Å². The van der Waals surface area contributed by atoms with Gasteiger partial charge in [-0.15, -0.1) is 0 Å². The van der Waals surface area contributed by atoms with Crippen LogP contribution >= 0.6 is 23.2 Å². The van der Waals surface area contributed by atoms with Gasteiger partial charge in [0.15, 0.2) is 0 Å². The number of ether oxygens (including phenoxy) is 1. The Balaban J connectivity index is 2.50. The minimum atomic E-state index is -0.381. The molecule has 0 atom stereocenters. The van der Waals surface area contributed by atoms with Gasteiger partial charge in [-0.2, -0.15) is 0 Å².